The summed E-state index contributed by atoms with van der Waals surface area (Å²) in [5, 5.41) is 2.82. The number of carbonyl (C=O) groups excluding carboxylic acids is 1. The minimum atomic E-state index is -3.64. The van der Waals surface area contributed by atoms with Crippen LogP contribution in [0.3, 0.4) is 0 Å². The predicted octanol–water partition coefficient (Wildman–Crippen LogP) is 1.92. The minimum Gasteiger partial charge on any atom is -0.350 e. The highest BCUT2D eigenvalue weighted by Crippen LogP contribution is 2.15. The third-order valence-corrected chi connectivity index (χ3v) is 5.27. The topological polar surface area (TPSA) is 66.5 Å². The molecular formula is C15H24N2O3S. The maximum atomic E-state index is 12.4. The lowest BCUT2D eigenvalue weighted by Crippen LogP contribution is -2.47. The lowest BCUT2D eigenvalue weighted by atomic mass is 10.0. The Morgan fingerprint density at radius 1 is 1.24 bits per heavy atom. The van der Waals surface area contributed by atoms with Crippen LogP contribution in [0.1, 0.15) is 32.8 Å². The van der Waals surface area contributed by atoms with Crippen LogP contribution in [0.5, 0.6) is 0 Å². The summed E-state index contributed by atoms with van der Waals surface area (Å²) in [5.74, 6) is -0.306. The van der Waals surface area contributed by atoms with Gasteiger partial charge in [-0.3, -0.25) is 4.79 Å². The molecule has 0 radical (unpaired) electrons. The lowest BCUT2D eigenvalue weighted by molar-refractivity contribution is -0.122. The van der Waals surface area contributed by atoms with Gasteiger partial charge >= 0.3 is 0 Å². The van der Waals surface area contributed by atoms with Crippen LogP contribution in [0.25, 0.3) is 0 Å². The van der Waals surface area contributed by atoms with E-state index in [9.17, 15) is 13.2 Å². The Labute approximate surface area is 127 Å². The van der Waals surface area contributed by atoms with Gasteiger partial charge in [0.05, 0.1) is 11.4 Å². The van der Waals surface area contributed by atoms with E-state index in [-0.39, 0.29) is 22.9 Å². The van der Waals surface area contributed by atoms with Crippen LogP contribution in [-0.4, -0.2) is 37.8 Å². The molecule has 1 amide bonds. The van der Waals surface area contributed by atoms with Crippen molar-refractivity contribution in [3.8, 4) is 0 Å². The molecule has 0 atom stereocenters. The molecule has 0 aliphatic rings. The largest absolute Gasteiger partial charge is 0.350 e. The van der Waals surface area contributed by atoms with Crippen molar-refractivity contribution >= 4 is 15.9 Å². The van der Waals surface area contributed by atoms with Gasteiger partial charge < -0.3 is 5.32 Å². The minimum absolute atomic E-state index is 0.193. The third kappa shape index (κ3) is 4.82. The Balaban J connectivity index is 2.81. The smallest absolute Gasteiger partial charge is 0.243 e. The van der Waals surface area contributed by atoms with E-state index in [0.29, 0.717) is 0 Å². The molecule has 0 aliphatic carbocycles. The van der Waals surface area contributed by atoms with Crippen molar-refractivity contribution < 1.29 is 13.2 Å². The average molecular weight is 312 g/mol. The van der Waals surface area contributed by atoms with Crippen molar-refractivity contribution in [1.82, 2.24) is 9.62 Å². The predicted molar refractivity (Wildman–Crippen MR) is 83.5 cm³/mol. The van der Waals surface area contributed by atoms with Gasteiger partial charge in [-0.05, 0) is 39.3 Å². The number of aryl methyl sites for hydroxylation is 1. The summed E-state index contributed by atoms with van der Waals surface area (Å²) in [4.78, 5) is 12.1. The van der Waals surface area contributed by atoms with Gasteiger partial charge in [0, 0.05) is 12.6 Å². The average Bonchev–Trinajstić information content (AvgIpc) is 2.38. The molecule has 1 aromatic rings. The fraction of sp³-hybridized carbons (Fsp3) is 0.533. The molecule has 0 saturated heterocycles. The van der Waals surface area contributed by atoms with Crippen LogP contribution in [-0.2, 0) is 14.8 Å². The first-order chi connectivity index (χ1) is 9.58. The number of nitrogens with one attached hydrogen (secondary N) is 1. The highest BCUT2D eigenvalue weighted by atomic mass is 32.2. The monoisotopic (exact) mass is 312 g/mol. The number of likely N-dealkylation sites (N-methyl/N-ethyl adjacent to an activating group) is 1. The molecule has 0 bridgehead atoms. The number of sulfonamides is 1. The van der Waals surface area contributed by atoms with E-state index in [1.807, 2.05) is 27.7 Å². The summed E-state index contributed by atoms with van der Waals surface area (Å²) >= 11 is 0. The molecule has 0 aliphatic heterocycles. The summed E-state index contributed by atoms with van der Waals surface area (Å²) in [5.41, 5.74) is 0.644. The van der Waals surface area contributed by atoms with Gasteiger partial charge in [-0.15, -0.1) is 0 Å². The Morgan fingerprint density at radius 2 is 1.76 bits per heavy atom. The van der Waals surface area contributed by atoms with Gasteiger partial charge in [-0.2, -0.15) is 4.31 Å². The molecular weight excluding hydrogens is 288 g/mol. The molecule has 0 saturated carbocycles. The number of amides is 1. The second-order valence-electron chi connectivity index (χ2n) is 5.86. The lowest BCUT2D eigenvalue weighted by Gasteiger charge is -2.26. The normalized spacial score (nSPS) is 12.5. The van der Waals surface area contributed by atoms with Crippen LogP contribution in [0, 0.1) is 6.92 Å². The first-order valence-corrected chi connectivity index (χ1v) is 8.36. The summed E-state index contributed by atoms with van der Waals surface area (Å²) < 4.78 is 25.8. The summed E-state index contributed by atoms with van der Waals surface area (Å²) in [6, 6.07) is 6.58. The summed E-state index contributed by atoms with van der Waals surface area (Å²) in [6.07, 6.45) is 0.771. The molecule has 118 valence electrons. The second-order valence-corrected chi connectivity index (χ2v) is 7.90. The van der Waals surface area contributed by atoms with Crippen LogP contribution in [0.2, 0.25) is 0 Å². The molecule has 0 spiro atoms. The van der Waals surface area contributed by atoms with Crippen molar-refractivity contribution in [3.63, 3.8) is 0 Å². The molecule has 5 nitrogen and oxygen atoms in total. The van der Waals surface area contributed by atoms with Crippen LogP contribution < -0.4 is 5.32 Å². The highest BCUT2D eigenvalue weighted by molar-refractivity contribution is 7.89. The molecule has 0 fully saturated rings. The quantitative estimate of drug-likeness (QED) is 0.872. The number of rotatable bonds is 6. The van der Waals surface area contributed by atoms with Gasteiger partial charge in [-0.1, -0.05) is 24.6 Å². The zero-order valence-electron chi connectivity index (χ0n) is 13.3. The number of hydrogen-bond acceptors (Lipinski definition) is 3. The zero-order valence-corrected chi connectivity index (χ0v) is 14.1. The molecule has 1 rings (SSSR count). The number of benzene rings is 1. The standard InChI is InChI=1S/C15H24N2O3S/c1-6-15(3,4)16-14(18)11-17(5)21(19,20)13-9-7-12(2)8-10-13/h7-10H,6,11H2,1-5H3,(H,16,18). The van der Waals surface area contributed by atoms with Gasteiger partial charge in [0.2, 0.25) is 15.9 Å². The van der Waals surface area contributed by atoms with Gasteiger partial charge in [0.15, 0.2) is 0 Å². The van der Waals surface area contributed by atoms with Crippen LogP contribution in [0.4, 0.5) is 0 Å². The van der Waals surface area contributed by atoms with Crippen LogP contribution >= 0.6 is 0 Å². The highest BCUT2D eigenvalue weighted by Gasteiger charge is 2.25. The molecule has 0 unspecified atom stereocenters. The molecule has 0 aromatic heterocycles. The molecule has 1 N–H and O–H groups in total. The maximum Gasteiger partial charge on any atom is 0.243 e. The maximum absolute atomic E-state index is 12.4. The first kappa shape index (κ1) is 17.7. The van der Waals surface area contributed by atoms with Gasteiger partial charge in [0.1, 0.15) is 0 Å². The first-order valence-electron chi connectivity index (χ1n) is 6.92. The fourth-order valence-corrected chi connectivity index (χ4v) is 2.81. The van der Waals surface area contributed by atoms with Crippen molar-refractivity contribution in [1.29, 1.82) is 0 Å². The van der Waals surface area contributed by atoms with Crippen molar-refractivity contribution in [2.45, 2.75) is 44.6 Å². The number of nitrogens with zero attached hydrogens (tertiary/aromatic N) is 1. The fourth-order valence-electron chi connectivity index (χ4n) is 1.68. The van der Waals surface area contributed by atoms with Crippen molar-refractivity contribution in [3.05, 3.63) is 29.8 Å². The van der Waals surface area contributed by atoms with E-state index in [1.54, 1.807) is 24.3 Å². The van der Waals surface area contributed by atoms with E-state index in [0.717, 1.165) is 16.3 Å². The zero-order chi connectivity index (χ0) is 16.3. The van der Waals surface area contributed by atoms with Gasteiger partial charge in [0.25, 0.3) is 0 Å². The Morgan fingerprint density at radius 3 is 2.24 bits per heavy atom. The summed E-state index contributed by atoms with van der Waals surface area (Å²) in [7, 11) is -2.23. The molecule has 1 aromatic carbocycles. The van der Waals surface area contributed by atoms with Crippen molar-refractivity contribution in [2.24, 2.45) is 0 Å². The number of hydrogen-bond donors (Lipinski definition) is 1. The Bertz CT molecular complexity index is 592. The third-order valence-electron chi connectivity index (χ3n) is 3.46. The van der Waals surface area contributed by atoms with Gasteiger partial charge in [-0.25, -0.2) is 8.42 Å². The van der Waals surface area contributed by atoms with E-state index >= 15 is 0 Å². The summed E-state index contributed by atoms with van der Waals surface area (Å²) in [6.45, 7) is 7.46. The van der Waals surface area contributed by atoms with E-state index < -0.39 is 10.0 Å². The number of carbonyl (C=O) groups is 1. The molecule has 0 heterocycles. The van der Waals surface area contributed by atoms with E-state index in [2.05, 4.69) is 5.32 Å². The second kappa shape index (κ2) is 6.58. The van der Waals surface area contributed by atoms with Crippen molar-refractivity contribution in [2.75, 3.05) is 13.6 Å². The SMILES string of the molecule is CCC(C)(C)NC(=O)CN(C)S(=O)(=O)c1ccc(C)cc1. The Kier molecular flexibility index (Phi) is 5.53. The van der Waals surface area contributed by atoms with Crippen LogP contribution in [0.15, 0.2) is 29.2 Å². The molecule has 6 heteroatoms. The van der Waals surface area contributed by atoms with E-state index in [4.69, 9.17) is 0 Å². The van der Waals surface area contributed by atoms with E-state index in [1.165, 1.54) is 7.05 Å². The Hall–Kier alpha value is -1.40. The molecule has 21 heavy (non-hydrogen) atoms.